The SMILES string of the molecule is CC(C)C1CC[C@]2(C(=O)O)CCC3C(CCC4[C@@]3(C)CCC3C(C)(C)C(NOCc5ccc([N+](=O)[O-])cc5)CC[C@@]34C)C12. The predicted molar refractivity (Wildman–Crippen MR) is 167 cm³/mol. The Balaban J connectivity index is 1.18. The van der Waals surface area contributed by atoms with Crippen LogP contribution < -0.4 is 5.48 Å². The van der Waals surface area contributed by atoms with Gasteiger partial charge in [-0.05, 0) is 140 Å². The molecule has 0 spiro atoms. The van der Waals surface area contributed by atoms with Crippen LogP contribution in [-0.4, -0.2) is 22.0 Å². The molecular formula is C36H54N2O5. The maximum absolute atomic E-state index is 12.9. The molecule has 0 saturated heterocycles. The Hall–Kier alpha value is -1.99. The number of rotatable bonds is 7. The van der Waals surface area contributed by atoms with Crippen LogP contribution in [-0.2, 0) is 16.2 Å². The quantitative estimate of drug-likeness (QED) is 0.243. The zero-order valence-electron chi connectivity index (χ0n) is 27.2. The van der Waals surface area contributed by atoms with Crippen molar-refractivity contribution in [2.45, 2.75) is 118 Å². The van der Waals surface area contributed by atoms with Crippen molar-refractivity contribution in [3.05, 3.63) is 39.9 Å². The van der Waals surface area contributed by atoms with Crippen molar-refractivity contribution in [3.8, 4) is 0 Å². The number of nitrogens with one attached hydrogen (secondary N) is 1. The minimum absolute atomic E-state index is 0.0693. The number of nitro benzene ring substituents is 1. The van der Waals surface area contributed by atoms with E-state index in [1.54, 1.807) is 12.1 Å². The number of carbonyl (C=O) groups is 1. The third-order valence-electron chi connectivity index (χ3n) is 14.6. The Kier molecular flexibility index (Phi) is 7.80. The van der Waals surface area contributed by atoms with Crippen LogP contribution in [0.15, 0.2) is 24.3 Å². The van der Waals surface area contributed by atoms with Gasteiger partial charge in [0.1, 0.15) is 0 Å². The van der Waals surface area contributed by atoms with Gasteiger partial charge < -0.3 is 5.11 Å². The van der Waals surface area contributed by atoms with E-state index in [1.165, 1.54) is 44.2 Å². The minimum Gasteiger partial charge on any atom is -0.481 e. The van der Waals surface area contributed by atoms with Crippen LogP contribution in [0.1, 0.15) is 111 Å². The highest BCUT2D eigenvalue weighted by Gasteiger charge is 2.68. The molecule has 43 heavy (non-hydrogen) atoms. The highest BCUT2D eigenvalue weighted by molar-refractivity contribution is 5.76. The van der Waals surface area contributed by atoms with Gasteiger partial charge in [0, 0.05) is 18.2 Å². The first kappa shape index (κ1) is 31.0. The smallest absolute Gasteiger partial charge is 0.309 e. The molecule has 0 aromatic heterocycles. The van der Waals surface area contributed by atoms with E-state index in [4.69, 9.17) is 4.84 Å². The molecule has 5 aliphatic rings. The maximum Gasteiger partial charge on any atom is 0.309 e. The first-order valence-corrected chi connectivity index (χ1v) is 17.1. The van der Waals surface area contributed by atoms with Crippen LogP contribution in [0.5, 0.6) is 0 Å². The van der Waals surface area contributed by atoms with E-state index in [-0.39, 0.29) is 32.9 Å². The molecule has 10 atom stereocenters. The van der Waals surface area contributed by atoms with Crippen LogP contribution in [0.2, 0.25) is 0 Å². The van der Waals surface area contributed by atoms with Crippen molar-refractivity contribution in [2.24, 2.45) is 63.1 Å². The molecular weight excluding hydrogens is 540 g/mol. The molecule has 5 aliphatic carbocycles. The zero-order chi connectivity index (χ0) is 30.9. The third-order valence-corrected chi connectivity index (χ3v) is 14.6. The predicted octanol–water partition coefficient (Wildman–Crippen LogP) is 8.42. The zero-order valence-corrected chi connectivity index (χ0v) is 27.2. The second-order valence-corrected chi connectivity index (χ2v) is 16.7. The maximum atomic E-state index is 12.9. The fourth-order valence-electron chi connectivity index (χ4n) is 12.6. The number of benzene rings is 1. The van der Waals surface area contributed by atoms with Gasteiger partial charge in [-0.3, -0.25) is 19.7 Å². The minimum atomic E-state index is -0.509. The number of nitrogens with zero attached hydrogens (tertiary/aromatic N) is 1. The number of hydroxylamine groups is 1. The van der Waals surface area contributed by atoms with E-state index >= 15 is 0 Å². The van der Waals surface area contributed by atoms with Gasteiger partial charge in [0.05, 0.1) is 16.9 Å². The topological polar surface area (TPSA) is 102 Å². The van der Waals surface area contributed by atoms with Crippen LogP contribution in [0.25, 0.3) is 0 Å². The molecule has 1 aromatic carbocycles. The molecule has 238 valence electrons. The standard InChI is InChI=1S/C36H54N2O5/c1-22(2)25-13-19-36(32(39)40)20-14-27-26(31(25)36)11-12-29-34(27,5)17-15-28-33(3,4)30(16-18-35(28,29)6)37-43-21-23-7-9-24(10-8-23)38(41)42/h7-10,22,25-31,37H,11-21H2,1-6H3,(H,39,40)/t25?,26?,27?,28?,29?,30?,31?,34-,35-,36-/m0/s1. The Morgan fingerprint density at radius 1 is 0.953 bits per heavy atom. The van der Waals surface area contributed by atoms with Gasteiger partial charge >= 0.3 is 5.97 Å². The van der Waals surface area contributed by atoms with Gasteiger partial charge in [-0.1, -0.05) is 41.5 Å². The van der Waals surface area contributed by atoms with Crippen molar-refractivity contribution in [3.63, 3.8) is 0 Å². The Labute approximate surface area is 258 Å². The largest absolute Gasteiger partial charge is 0.481 e. The average molecular weight is 595 g/mol. The number of aliphatic carboxylic acids is 1. The molecule has 1 aromatic rings. The molecule has 5 saturated carbocycles. The fourth-order valence-corrected chi connectivity index (χ4v) is 12.6. The lowest BCUT2D eigenvalue weighted by Crippen LogP contribution is -2.65. The van der Waals surface area contributed by atoms with Gasteiger partial charge in [0.15, 0.2) is 0 Å². The Morgan fingerprint density at radius 3 is 2.28 bits per heavy atom. The summed E-state index contributed by atoms with van der Waals surface area (Å²) in [5.41, 5.74) is 4.60. The van der Waals surface area contributed by atoms with Gasteiger partial charge in [-0.15, -0.1) is 0 Å². The number of carboxylic acids is 1. The summed E-state index contributed by atoms with van der Waals surface area (Å²) < 4.78 is 0. The van der Waals surface area contributed by atoms with Gasteiger partial charge in [0.25, 0.3) is 5.69 Å². The number of carboxylic acid groups (broad SMARTS) is 1. The van der Waals surface area contributed by atoms with Crippen molar-refractivity contribution < 1.29 is 19.7 Å². The van der Waals surface area contributed by atoms with Crippen molar-refractivity contribution in [1.29, 1.82) is 0 Å². The number of fused-ring (bicyclic) bond motifs is 7. The molecule has 0 amide bonds. The van der Waals surface area contributed by atoms with Crippen LogP contribution in [0, 0.1) is 73.2 Å². The van der Waals surface area contributed by atoms with Gasteiger partial charge in [0.2, 0.25) is 0 Å². The lowest BCUT2D eigenvalue weighted by atomic mass is 9.36. The molecule has 7 nitrogen and oxygen atoms in total. The number of non-ortho nitro benzene ring substituents is 1. The molecule has 0 radical (unpaired) electrons. The van der Waals surface area contributed by atoms with E-state index in [1.807, 2.05) is 0 Å². The number of nitro groups is 1. The number of hydrogen-bond donors (Lipinski definition) is 2. The molecule has 2 N–H and O–H groups in total. The normalized spacial score (nSPS) is 43.3. The summed E-state index contributed by atoms with van der Waals surface area (Å²) in [6.07, 6.45) is 11.1. The highest BCUT2D eigenvalue weighted by atomic mass is 16.6. The lowest BCUT2D eigenvalue weighted by molar-refractivity contribution is -0.384. The van der Waals surface area contributed by atoms with Gasteiger partial charge in [-0.2, -0.15) is 5.48 Å². The lowest BCUT2D eigenvalue weighted by Gasteiger charge is -2.69. The molecule has 0 heterocycles. The summed E-state index contributed by atoms with van der Waals surface area (Å²) in [6, 6.07) is 6.85. The number of hydrogen-bond acceptors (Lipinski definition) is 5. The first-order chi connectivity index (χ1) is 20.3. The monoisotopic (exact) mass is 594 g/mol. The van der Waals surface area contributed by atoms with Crippen molar-refractivity contribution >= 4 is 11.7 Å². The van der Waals surface area contributed by atoms with E-state index in [0.29, 0.717) is 48.0 Å². The molecule has 7 unspecified atom stereocenters. The Bertz CT molecular complexity index is 1230. The summed E-state index contributed by atoms with van der Waals surface area (Å²) >= 11 is 0. The molecule has 6 rings (SSSR count). The van der Waals surface area contributed by atoms with E-state index < -0.39 is 11.4 Å². The third kappa shape index (κ3) is 4.69. The van der Waals surface area contributed by atoms with Crippen LogP contribution >= 0.6 is 0 Å². The second kappa shape index (κ2) is 10.8. The second-order valence-electron chi connectivity index (χ2n) is 16.7. The molecule has 7 heteroatoms. The molecule has 0 bridgehead atoms. The van der Waals surface area contributed by atoms with Crippen LogP contribution in [0.3, 0.4) is 0 Å². The van der Waals surface area contributed by atoms with E-state index in [9.17, 15) is 20.0 Å². The van der Waals surface area contributed by atoms with Gasteiger partial charge in [-0.25, -0.2) is 0 Å². The molecule has 5 fully saturated rings. The summed E-state index contributed by atoms with van der Waals surface area (Å²) in [7, 11) is 0. The summed E-state index contributed by atoms with van der Waals surface area (Å²) in [5, 5.41) is 21.6. The Morgan fingerprint density at radius 2 is 1.63 bits per heavy atom. The summed E-state index contributed by atoms with van der Waals surface area (Å²) in [6.45, 7) is 15.1. The fraction of sp³-hybridized carbons (Fsp3) is 0.806. The molecule has 0 aliphatic heterocycles. The van der Waals surface area contributed by atoms with Crippen LogP contribution in [0.4, 0.5) is 5.69 Å². The summed E-state index contributed by atoms with van der Waals surface area (Å²) in [5.74, 6) is 3.40. The average Bonchev–Trinajstić information content (AvgIpc) is 3.36. The van der Waals surface area contributed by atoms with Crippen molar-refractivity contribution in [2.75, 3.05) is 0 Å². The van der Waals surface area contributed by atoms with E-state index in [0.717, 1.165) is 37.7 Å². The van der Waals surface area contributed by atoms with Crippen molar-refractivity contribution in [1.82, 2.24) is 5.48 Å². The highest BCUT2D eigenvalue weighted by Crippen LogP contribution is 2.73. The summed E-state index contributed by atoms with van der Waals surface area (Å²) in [4.78, 5) is 29.5. The van der Waals surface area contributed by atoms with E-state index in [2.05, 4.69) is 47.0 Å². The first-order valence-electron chi connectivity index (χ1n) is 17.1.